The molecule has 128 valence electrons. The van der Waals surface area contributed by atoms with Gasteiger partial charge in [0.05, 0.1) is 11.6 Å². The lowest BCUT2D eigenvalue weighted by molar-refractivity contribution is -0.153. The third kappa shape index (κ3) is 4.05. The average Bonchev–Trinajstić information content (AvgIpc) is 2.77. The van der Waals surface area contributed by atoms with Crippen LogP contribution >= 0.6 is 11.6 Å². The number of hydrogen-bond acceptors (Lipinski definition) is 4. The van der Waals surface area contributed by atoms with Crippen LogP contribution in [-0.4, -0.2) is 39.6 Å². The second-order valence-corrected chi connectivity index (χ2v) is 6.70. The Morgan fingerprint density at radius 3 is 2.43 bits per heavy atom. The molecule has 1 aliphatic heterocycles. The molecule has 2 heterocycles. The molecule has 23 heavy (non-hydrogen) atoms. The number of esters is 1. The fourth-order valence-electron chi connectivity index (χ4n) is 2.80. The van der Waals surface area contributed by atoms with Crippen LogP contribution in [0.4, 0.5) is 0 Å². The first kappa shape index (κ1) is 17.8. The summed E-state index contributed by atoms with van der Waals surface area (Å²) in [5, 5.41) is 4.69. The number of hydrogen-bond donors (Lipinski definition) is 0. The zero-order valence-corrected chi connectivity index (χ0v) is 14.9. The number of aromatic nitrogens is 2. The van der Waals surface area contributed by atoms with Gasteiger partial charge in [-0.3, -0.25) is 14.3 Å². The summed E-state index contributed by atoms with van der Waals surface area (Å²) in [5.41, 5.74) is 1.51. The molecule has 7 heteroatoms. The van der Waals surface area contributed by atoms with Crippen molar-refractivity contribution in [3.8, 4) is 0 Å². The van der Waals surface area contributed by atoms with Crippen LogP contribution in [0.5, 0.6) is 0 Å². The monoisotopic (exact) mass is 341 g/mol. The van der Waals surface area contributed by atoms with E-state index in [1.807, 2.05) is 25.7 Å². The standard InChI is InChI=1S/C16H24ClN3O3/c1-10(2)15(21)20-7-5-12(6-8-20)16(22)23-9-13-11(3)18-19(4)14(13)17/h10,12H,5-9H2,1-4H3. The first-order chi connectivity index (χ1) is 10.8. The van der Waals surface area contributed by atoms with Crippen molar-refractivity contribution < 1.29 is 14.3 Å². The number of carbonyl (C=O) groups is 2. The molecule has 0 unspecified atom stereocenters. The highest BCUT2D eigenvalue weighted by Gasteiger charge is 2.29. The van der Waals surface area contributed by atoms with Gasteiger partial charge in [0.25, 0.3) is 0 Å². The van der Waals surface area contributed by atoms with E-state index < -0.39 is 0 Å². The normalized spacial score (nSPS) is 16.0. The van der Waals surface area contributed by atoms with Crippen LogP contribution in [-0.2, 0) is 28.0 Å². The van der Waals surface area contributed by atoms with Gasteiger partial charge in [-0.25, -0.2) is 0 Å². The molecule has 0 saturated carbocycles. The lowest BCUT2D eigenvalue weighted by atomic mass is 9.96. The number of likely N-dealkylation sites (tertiary alicyclic amines) is 1. The summed E-state index contributed by atoms with van der Waals surface area (Å²) in [6.07, 6.45) is 1.30. The van der Waals surface area contributed by atoms with Gasteiger partial charge < -0.3 is 9.64 Å². The highest BCUT2D eigenvalue weighted by Crippen LogP contribution is 2.23. The second kappa shape index (κ2) is 7.34. The van der Waals surface area contributed by atoms with Crippen molar-refractivity contribution in [1.29, 1.82) is 0 Å². The molecule has 1 fully saturated rings. The Morgan fingerprint density at radius 2 is 1.96 bits per heavy atom. The fraction of sp³-hybridized carbons (Fsp3) is 0.688. The van der Waals surface area contributed by atoms with E-state index in [9.17, 15) is 9.59 Å². The van der Waals surface area contributed by atoms with Crippen molar-refractivity contribution in [2.75, 3.05) is 13.1 Å². The van der Waals surface area contributed by atoms with Crippen molar-refractivity contribution in [3.63, 3.8) is 0 Å². The zero-order valence-electron chi connectivity index (χ0n) is 14.1. The van der Waals surface area contributed by atoms with Crippen LogP contribution in [0, 0.1) is 18.8 Å². The largest absolute Gasteiger partial charge is 0.460 e. The predicted molar refractivity (Wildman–Crippen MR) is 86.9 cm³/mol. The van der Waals surface area contributed by atoms with Gasteiger partial charge in [-0.15, -0.1) is 0 Å². The summed E-state index contributed by atoms with van der Waals surface area (Å²) in [6.45, 7) is 6.99. The molecule has 1 aromatic rings. The molecule has 0 radical (unpaired) electrons. The molecule has 0 atom stereocenters. The van der Waals surface area contributed by atoms with Gasteiger partial charge in [0, 0.05) is 31.6 Å². The summed E-state index contributed by atoms with van der Waals surface area (Å²) in [6, 6.07) is 0. The van der Waals surface area contributed by atoms with E-state index in [2.05, 4.69) is 5.10 Å². The van der Waals surface area contributed by atoms with E-state index >= 15 is 0 Å². The Bertz CT molecular complexity index is 590. The van der Waals surface area contributed by atoms with Crippen LogP contribution in [0.3, 0.4) is 0 Å². The van der Waals surface area contributed by atoms with Crippen LogP contribution in [0.25, 0.3) is 0 Å². The summed E-state index contributed by atoms with van der Waals surface area (Å²) in [4.78, 5) is 26.0. The first-order valence-corrected chi connectivity index (χ1v) is 8.32. The highest BCUT2D eigenvalue weighted by molar-refractivity contribution is 6.30. The summed E-state index contributed by atoms with van der Waals surface area (Å²) in [5.74, 6) is -0.230. The molecule has 1 saturated heterocycles. The Morgan fingerprint density at radius 1 is 1.35 bits per heavy atom. The molecule has 2 rings (SSSR count). The minimum atomic E-state index is -0.221. The number of ether oxygens (including phenoxy) is 1. The molecular formula is C16H24ClN3O3. The van der Waals surface area contributed by atoms with Gasteiger partial charge in [-0.2, -0.15) is 5.10 Å². The number of nitrogens with zero attached hydrogens (tertiary/aromatic N) is 3. The lowest BCUT2D eigenvalue weighted by Crippen LogP contribution is -2.42. The Hall–Kier alpha value is -1.56. The topological polar surface area (TPSA) is 64.4 Å². The lowest BCUT2D eigenvalue weighted by Gasteiger charge is -2.32. The maximum Gasteiger partial charge on any atom is 0.309 e. The number of halogens is 1. The van der Waals surface area contributed by atoms with Gasteiger partial charge >= 0.3 is 5.97 Å². The Kier molecular flexibility index (Phi) is 5.68. The van der Waals surface area contributed by atoms with Gasteiger partial charge in [-0.1, -0.05) is 25.4 Å². The summed E-state index contributed by atoms with van der Waals surface area (Å²) >= 11 is 6.13. The van der Waals surface area contributed by atoms with Crippen molar-refractivity contribution in [3.05, 3.63) is 16.4 Å². The Balaban J connectivity index is 1.85. The molecule has 1 amide bonds. The van der Waals surface area contributed by atoms with Crippen LogP contribution < -0.4 is 0 Å². The van der Waals surface area contributed by atoms with Gasteiger partial charge in [-0.05, 0) is 19.8 Å². The van der Waals surface area contributed by atoms with E-state index in [4.69, 9.17) is 16.3 Å². The number of rotatable bonds is 4. The quantitative estimate of drug-likeness (QED) is 0.788. The third-order valence-electron chi connectivity index (χ3n) is 4.26. The van der Waals surface area contributed by atoms with E-state index in [-0.39, 0.29) is 30.3 Å². The number of aryl methyl sites for hydroxylation is 2. The Labute approximate surface area is 141 Å². The minimum absolute atomic E-state index is 0.00537. The van der Waals surface area contributed by atoms with Gasteiger partial charge in [0.15, 0.2) is 0 Å². The van der Waals surface area contributed by atoms with Crippen molar-refractivity contribution >= 4 is 23.5 Å². The summed E-state index contributed by atoms with van der Waals surface area (Å²) < 4.78 is 6.97. The number of carbonyl (C=O) groups excluding carboxylic acids is 2. The van der Waals surface area contributed by atoms with Gasteiger partial charge in [0.2, 0.25) is 5.91 Å². The molecule has 1 aromatic heterocycles. The van der Waals surface area contributed by atoms with E-state index in [0.29, 0.717) is 31.1 Å². The maximum atomic E-state index is 12.2. The molecular weight excluding hydrogens is 318 g/mol. The third-order valence-corrected chi connectivity index (χ3v) is 4.74. The highest BCUT2D eigenvalue weighted by atomic mass is 35.5. The van der Waals surface area contributed by atoms with E-state index in [0.717, 1.165) is 11.3 Å². The molecule has 0 spiro atoms. The van der Waals surface area contributed by atoms with Gasteiger partial charge in [0.1, 0.15) is 11.8 Å². The van der Waals surface area contributed by atoms with Crippen LogP contribution in [0.1, 0.15) is 37.9 Å². The summed E-state index contributed by atoms with van der Waals surface area (Å²) in [7, 11) is 1.75. The molecule has 0 bridgehead atoms. The molecule has 1 aliphatic rings. The molecule has 6 nitrogen and oxygen atoms in total. The number of amides is 1. The second-order valence-electron chi connectivity index (χ2n) is 6.34. The molecule has 0 N–H and O–H groups in total. The maximum absolute atomic E-state index is 12.2. The molecule has 0 aliphatic carbocycles. The number of piperidine rings is 1. The SMILES string of the molecule is Cc1nn(C)c(Cl)c1COC(=O)C1CCN(C(=O)C(C)C)CC1. The fourth-order valence-corrected chi connectivity index (χ4v) is 3.03. The van der Waals surface area contributed by atoms with E-state index in [1.54, 1.807) is 11.7 Å². The molecule has 0 aromatic carbocycles. The van der Waals surface area contributed by atoms with Crippen LogP contribution in [0.15, 0.2) is 0 Å². The average molecular weight is 342 g/mol. The van der Waals surface area contributed by atoms with E-state index in [1.165, 1.54) is 0 Å². The van der Waals surface area contributed by atoms with Crippen molar-refractivity contribution in [1.82, 2.24) is 14.7 Å². The zero-order chi connectivity index (χ0) is 17.1. The van der Waals surface area contributed by atoms with Crippen LogP contribution in [0.2, 0.25) is 5.15 Å². The smallest absolute Gasteiger partial charge is 0.309 e. The van der Waals surface area contributed by atoms with Crippen molar-refractivity contribution in [2.24, 2.45) is 18.9 Å². The predicted octanol–water partition coefficient (Wildman–Crippen LogP) is 2.32. The minimum Gasteiger partial charge on any atom is -0.460 e. The van der Waals surface area contributed by atoms with Crippen molar-refractivity contribution in [2.45, 2.75) is 40.2 Å². The first-order valence-electron chi connectivity index (χ1n) is 7.94.